The van der Waals surface area contributed by atoms with Crippen LogP contribution in [0.4, 0.5) is 5.69 Å². The number of fused-ring (bicyclic) bond motifs is 3. The molecule has 0 saturated carbocycles. The summed E-state index contributed by atoms with van der Waals surface area (Å²) in [5.41, 5.74) is 3.96. The van der Waals surface area contributed by atoms with Crippen molar-refractivity contribution in [1.82, 2.24) is 5.32 Å². The van der Waals surface area contributed by atoms with Crippen LogP contribution in [0.15, 0.2) is 18.2 Å². The molecule has 2 aliphatic heterocycles. The number of amides is 1. The van der Waals surface area contributed by atoms with Gasteiger partial charge in [0, 0.05) is 18.3 Å². The average molecular weight is 216 g/mol. The number of piperazine rings is 1. The summed E-state index contributed by atoms with van der Waals surface area (Å²) >= 11 is 0. The summed E-state index contributed by atoms with van der Waals surface area (Å²) in [6.07, 6.45) is 2.28. The minimum atomic E-state index is 0.143. The molecule has 1 saturated heterocycles. The Morgan fingerprint density at radius 1 is 1.44 bits per heavy atom. The topological polar surface area (TPSA) is 32.3 Å². The van der Waals surface area contributed by atoms with E-state index in [1.54, 1.807) is 0 Å². The Hall–Kier alpha value is -1.51. The molecule has 16 heavy (non-hydrogen) atoms. The predicted molar refractivity (Wildman–Crippen MR) is 63.6 cm³/mol. The highest BCUT2D eigenvalue weighted by atomic mass is 16.2. The van der Waals surface area contributed by atoms with Crippen LogP contribution in [0.1, 0.15) is 17.5 Å². The SMILES string of the molecule is Cc1ccc2c(c1)CCC1CNC(=O)CN21. The van der Waals surface area contributed by atoms with Crippen molar-refractivity contribution in [1.29, 1.82) is 0 Å². The number of hydrogen-bond acceptors (Lipinski definition) is 2. The molecule has 3 nitrogen and oxygen atoms in total. The fourth-order valence-corrected chi connectivity index (χ4v) is 2.74. The lowest BCUT2D eigenvalue weighted by atomic mass is 9.93. The molecule has 0 spiro atoms. The summed E-state index contributed by atoms with van der Waals surface area (Å²) in [6, 6.07) is 7.04. The van der Waals surface area contributed by atoms with Crippen LogP contribution >= 0.6 is 0 Å². The van der Waals surface area contributed by atoms with Crippen LogP contribution in [0.3, 0.4) is 0 Å². The van der Waals surface area contributed by atoms with Crippen LogP contribution < -0.4 is 10.2 Å². The largest absolute Gasteiger partial charge is 0.357 e. The molecule has 0 aromatic heterocycles. The predicted octanol–water partition coefficient (Wildman–Crippen LogP) is 1.25. The Labute approximate surface area is 95.4 Å². The second-order valence-electron chi connectivity index (χ2n) is 4.76. The Bertz CT molecular complexity index is 442. The molecule has 1 unspecified atom stereocenters. The molecule has 1 aromatic carbocycles. The number of carbonyl (C=O) groups is 1. The lowest BCUT2D eigenvalue weighted by molar-refractivity contribution is -0.120. The van der Waals surface area contributed by atoms with Crippen LogP contribution in [0.25, 0.3) is 0 Å². The lowest BCUT2D eigenvalue weighted by Gasteiger charge is -2.41. The number of benzene rings is 1. The fraction of sp³-hybridized carbons (Fsp3) is 0.462. The van der Waals surface area contributed by atoms with Gasteiger partial charge in [-0.2, -0.15) is 0 Å². The van der Waals surface area contributed by atoms with Gasteiger partial charge in [0.15, 0.2) is 0 Å². The van der Waals surface area contributed by atoms with Crippen molar-refractivity contribution in [2.45, 2.75) is 25.8 Å². The molecular weight excluding hydrogens is 200 g/mol. The van der Waals surface area contributed by atoms with Gasteiger partial charge in [0.2, 0.25) is 5.91 Å². The van der Waals surface area contributed by atoms with E-state index in [9.17, 15) is 4.79 Å². The molecule has 84 valence electrons. The molecular formula is C13H16N2O. The third-order valence-corrected chi connectivity index (χ3v) is 3.58. The van der Waals surface area contributed by atoms with E-state index in [2.05, 4.69) is 35.3 Å². The van der Waals surface area contributed by atoms with Gasteiger partial charge < -0.3 is 10.2 Å². The molecule has 1 N–H and O–H groups in total. The van der Waals surface area contributed by atoms with Gasteiger partial charge in [-0.25, -0.2) is 0 Å². The van der Waals surface area contributed by atoms with Crippen molar-refractivity contribution in [2.75, 3.05) is 18.0 Å². The number of rotatable bonds is 0. The molecule has 0 aliphatic carbocycles. The summed E-state index contributed by atoms with van der Waals surface area (Å²) in [6.45, 7) is 3.43. The van der Waals surface area contributed by atoms with Gasteiger partial charge in [-0.05, 0) is 31.4 Å². The van der Waals surface area contributed by atoms with E-state index in [1.807, 2.05) is 0 Å². The maximum Gasteiger partial charge on any atom is 0.239 e. The van der Waals surface area contributed by atoms with Crippen LogP contribution in [0, 0.1) is 6.92 Å². The average Bonchev–Trinajstić information content (AvgIpc) is 2.28. The number of nitrogens with one attached hydrogen (secondary N) is 1. The normalized spacial score (nSPS) is 23.4. The number of hydrogen-bond donors (Lipinski definition) is 1. The zero-order valence-electron chi connectivity index (χ0n) is 9.49. The molecule has 1 amide bonds. The Morgan fingerprint density at radius 3 is 3.19 bits per heavy atom. The van der Waals surface area contributed by atoms with Crippen LogP contribution in [0.2, 0.25) is 0 Å². The zero-order chi connectivity index (χ0) is 11.1. The maximum absolute atomic E-state index is 11.4. The fourth-order valence-electron chi connectivity index (χ4n) is 2.74. The quantitative estimate of drug-likeness (QED) is 0.708. The Kier molecular flexibility index (Phi) is 2.13. The maximum atomic E-state index is 11.4. The molecule has 1 atom stereocenters. The molecule has 0 radical (unpaired) electrons. The summed E-state index contributed by atoms with van der Waals surface area (Å²) in [5.74, 6) is 0.143. The minimum absolute atomic E-state index is 0.143. The van der Waals surface area contributed by atoms with E-state index in [0.29, 0.717) is 12.6 Å². The first-order valence-electron chi connectivity index (χ1n) is 5.87. The first-order chi connectivity index (χ1) is 7.74. The summed E-state index contributed by atoms with van der Waals surface area (Å²) in [5, 5.41) is 2.94. The van der Waals surface area contributed by atoms with Gasteiger partial charge in [0.25, 0.3) is 0 Å². The Balaban J connectivity index is 2.00. The summed E-state index contributed by atoms with van der Waals surface area (Å²) < 4.78 is 0. The van der Waals surface area contributed by atoms with Crippen LogP contribution in [0.5, 0.6) is 0 Å². The van der Waals surface area contributed by atoms with Crippen molar-refractivity contribution in [3.05, 3.63) is 29.3 Å². The van der Waals surface area contributed by atoms with Crippen molar-refractivity contribution < 1.29 is 4.79 Å². The summed E-state index contributed by atoms with van der Waals surface area (Å²) in [7, 11) is 0. The van der Waals surface area contributed by atoms with Crippen molar-refractivity contribution in [3.8, 4) is 0 Å². The van der Waals surface area contributed by atoms with Gasteiger partial charge in [0.1, 0.15) is 0 Å². The van der Waals surface area contributed by atoms with E-state index in [4.69, 9.17) is 0 Å². The second kappa shape index (κ2) is 3.51. The van der Waals surface area contributed by atoms with Crippen molar-refractivity contribution >= 4 is 11.6 Å². The standard InChI is InChI=1S/C13H16N2O/c1-9-2-5-12-10(6-9)3-4-11-7-14-13(16)8-15(11)12/h2,5-6,11H,3-4,7-8H2,1H3,(H,14,16). The first-order valence-corrected chi connectivity index (χ1v) is 5.87. The second-order valence-corrected chi connectivity index (χ2v) is 4.76. The number of nitrogens with zero attached hydrogens (tertiary/aromatic N) is 1. The lowest BCUT2D eigenvalue weighted by Crippen LogP contribution is -2.56. The van der Waals surface area contributed by atoms with E-state index in [1.165, 1.54) is 16.8 Å². The Morgan fingerprint density at radius 2 is 2.31 bits per heavy atom. The smallest absolute Gasteiger partial charge is 0.239 e. The van der Waals surface area contributed by atoms with Gasteiger partial charge in [0.05, 0.1) is 6.54 Å². The molecule has 1 fully saturated rings. The van der Waals surface area contributed by atoms with Crippen LogP contribution in [-0.4, -0.2) is 25.0 Å². The van der Waals surface area contributed by atoms with Gasteiger partial charge in [-0.15, -0.1) is 0 Å². The van der Waals surface area contributed by atoms with E-state index in [-0.39, 0.29) is 5.91 Å². The van der Waals surface area contributed by atoms with Crippen LogP contribution in [-0.2, 0) is 11.2 Å². The monoisotopic (exact) mass is 216 g/mol. The van der Waals surface area contributed by atoms with Crippen molar-refractivity contribution in [2.24, 2.45) is 0 Å². The highest BCUT2D eigenvalue weighted by molar-refractivity contribution is 5.83. The molecule has 2 heterocycles. The van der Waals surface area contributed by atoms with Crippen molar-refractivity contribution in [3.63, 3.8) is 0 Å². The molecule has 1 aromatic rings. The van der Waals surface area contributed by atoms with E-state index < -0.39 is 0 Å². The molecule has 3 rings (SSSR count). The van der Waals surface area contributed by atoms with Gasteiger partial charge in [-0.1, -0.05) is 17.7 Å². The highest BCUT2D eigenvalue weighted by Crippen LogP contribution is 2.31. The summed E-state index contributed by atoms with van der Waals surface area (Å²) in [4.78, 5) is 13.7. The zero-order valence-corrected chi connectivity index (χ0v) is 9.49. The highest BCUT2D eigenvalue weighted by Gasteiger charge is 2.31. The number of aryl methyl sites for hydroxylation is 2. The third kappa shape index (κ3) is 1.47. The van der Waals surface area contributed by atoms with Gasteiger partial charge >= 0.3 is 0 Å². The first kappa shape index (κ1) is 9.70. The number of carbonyl (C=O) groups excluding carboxylic acids is 1. The molecule has 0 bridgehead atoms. The van der Waals surface area contributed by atoms with E-state index in [0.717, 1.165) is 19.4 Å². The van der Waals surface area contributed by atoms with E-state index >= 15 is 0 Å². The number of anilines is 1. The molecule has 3 heteroatoms. The van der Waals surface area contributed by atoms with Gasteiger partial charge in [-0.3, -0.25) is 4.79 Å². The minimum Gasteiger partial charge on any atom is -0.357 e. The third-order valence-electron chi connectivity index (χ3n) is 3.58. The molecule has 2 aliphatic rings.